The Bertz CT molecular complexity index is 252. The number of rotatable bonds is 10. The molecule has 0 saturated carbocycles. The van der Waals surface area contributed by atoms with Gasteiger partial charge in [-0.3, -0.25) is 0 Å². The summed E-state index contributed by atoms with van der Waals surface area (Å²) in [6.07, 6.45) is 14.3. The molecule has 17 heavy (non-hydrogen) atoms. The number of hydrogen-bond acceptors (Lipinski definition) is 1. The molecule has 0 aromatic carbocycles. The highest BCUT2D eigenvalue weighted by molar-refractivity contribution is 5.86. The number of carboxylic acids is 1. The molecule has 0 aromatic rings. The lowest BCUT2D eigenvalue weighted by molar-refractivity contribution is -0.132. The fourth-order valence-corrected chi connectivity index (χ4v) is 1.60. The second kappa shape index (κ2) is 11.4. The standard InChI is InChI=1S/C15H26O2/c1-3-5-7-9-11-13-14(15(16)17)12-10-8-6-4-2/h8,10,13H,3-7,9,11-12H2,1-2H3,(H,16,17). The van der Waals surface area contributed by atoms with Gasteiger partial charge in [-0.15, -0.1) is 0 Å². The van der Waals surface area contributed by atoms with E-state index in [9.17, 15) is 4.79 Å². The monoisotopic (exact) mass is 238 g/mol. The van der Waals surface area contributed by atoms with E-state index in [1.54, 1.807) is 0 Å². The van der Waals surface area contributed by atoms with Crippen LogP contribution in [-0.2, 0) is 4.79 Å². The van der Waals surface area contributed by atoms with Crippen molar-refractivity contribution in [3.63, 3.8) is 0 Å². The molecule has 0 unspecified atom stereocenters. The number of hydrogen-bond donors (Lipinski definition) is 1. The summed E-state index contributed by atoms with van der Waals surface area (Å²) in [4.78, 5) is 11.0. The number of carbonyl (C=O) groups is 1. The lowest BCUT2D eigenvalue weighted by Gasteiger charge is -1.99. The van der Waals surface area contributed by atoms with Crippen molar-refractivity contribution in [1.82, 2.24) is 0 Å². The summed E-state index contributed by atoms with van der Waals surface area (Å²) in [7, 11) is 0. The molecular formula is C15H26O2. The molecule has 0 bridgehead atoms. The average molecular weight is 238 g/mol. The van der Waals surface area contributed by atoms with E-state index in [0.29, 0.717) is 12.0 Å². The minimum absolute atomic E-state index is 0.536. The second-order valence-corrected chi connectivity index (χ2v) is 4.35. The lowest BCUT2D eigenvalue weighted by Crippen LogP contribution is -1.99. The Morgan fingerprint density at radius 1 is 1.00 bits per heavy atom. The van der Waals surface area contributed by atoms with Gasteiger partial charge >= 0.3 is 5.97 Å². The van der Waals surface area contributed by atoms with Gasteiger partial charge in [0.15, 0.2) is 0 Å². The van der Waals surface area contributed by atoms with Gasteiger partial charge in [0.2, 0.25) is 0 Å². The molecule has 0 radical (unpaired) electrons. The molecule has 0 aliphatic heterocycles. The predicted molar refractivity (Wildman–Crippen MR) is 73.1 cm³/mol. The molecule has 0 atom stereocenters. The van der Waals surface area contributed by atoms with Crippen molar-refractivity contribution in [3.05, 3.63) is 23.8 Å². The van der Waals surface area contributed by atoms with E-state index < -0.39 is 5.97 Å². The number of carboxylic acid groups (broad SMARTS) is 1. The van der Waals surface area contributed by atoms with Crippen molar-refractivity contribution in [2.45, 2.75) is 65.2 Å². The molecular weight excluding hydrogens is 212 g/mol. The van der Waals surface area contributed by atoms with Crippen molar-refractivity contribution in [2.24, 2.45) is 0 Å². The summed E-state index contributed by atoms with van der Waals surface area (Å²) in [6, 6.07) is 0. The molecule has 0 saturated heterocycles. The van der Waals surface area contributed by atoms with Crippen LogP contribution >= 0.6 is 0 Å². The topological polar surface area (TPSA) is 37.3 Å². The molecule has 0 fully saturated rings. The Hall–Kier alpha value is -1.05. The highest BCUT2D eigenvalue weighted by Gasteiger charge is 2.03. The van der Waals surface area contributed by atoms with Crippen LogP contribution in [0.4, 0.5) is 0 Å². The fraction of sp³-hybridized carbons (Fsp3) is 0.667. The van der Waals surface area contributed by atoms with Gasteiger partial charge in [-0.25, -0.2) is 4.79 Å². The van der Waals surface area contributed by atoms with Crippen LogP contribution in [0.25, 0.3) is 0 Å². The van der Waals surface area contributed by atoms with Gasteiger partial charge in [0.25, 0.3) is 0 Å². The molecule has 0 aromatic heterocycles. The van der Waals surface area contributed by atoms with Crippen molar-refractivity contribution in [2.75, 3.05) is 0 Å². The first kappa shape index (κ1) is 16.0. The van der Waals surface area contributed by atoms with Crippen LogP contribution in [0.2, 0.25) is 0 Å². The van der Waals surface area contributed by atoms with Gasteiger partial charge in [0.05, 0.1) is 0 Å². The molecule has 98 valence electrons. The molecule has 2 heteroatoms. The van der Waals surface area contributed by atoms with E-state index >= 15 is 0 Å². The van der Waals surface area contributed by atoms with E-state index in [-0.39, 0.29) is 0 Å². The zero-order valence-corrected chi connectivity index (χ0v) is 11.2. The quantitative estimate of drug-likeness (QED) is 0.340. The highest BCUT2D eigenvalue weighted by atomic mass is 16.4. The SMILES string of the molecule is CCCC=CCC(=CCCCCCC)C(=O)O. The molecule has 2 nitrogen and oxygen atoms in total. The summed E-state index contributed by atoms with van der Waals surface area (Å²) in [6.45, 7) is 4.29. The molecule has 0 amide bonds. The summed E-state index contributed by atoms with van der Waals surface area (Å²) < 4.78 is 0. The van der Waals surface area contributed by atoms with Crippen molar-refractivity contribution >= 4 is 5.97 Å². The Morgan fingerprint density at radius 3 is 2.35 bits per heavy atom. The van der Waals surface area contributed by atoms with Crippen LogP contribution in [0.15, 0.2) is 23.8 Å². The molecule has 0 aliphatic carbocycles. The van der Waals surface area contributed by atoms with Gasteiger partial charge in [-0.1, -0.05) is 57.8 Å². The highest BCUT2D eigenvalue weighted by Crippen LogP contribution is 2.09. The summed E-state index contributed by atoms with van der Waals surface area (Å²) in [5.74, 6) is -0.776. The van der Waals surface area contributed by atoms with Gasteiger partial charge in [-0.2, -0.15) is 0 Å². The largest absolute Gasteiger partial charge is 0.478 e. The molecule has 0 rings (SSSR count). The van der Waals surface area contributed by atoms with Crippen LogP contribution < -0.4 is 0 Å². The van der Waals surface area contributed by atoms with Crippen LogP contribution in [0.3, 0.4) is 0 Å². The third-order valence-corrected chi connectivity index (χ3v) is 2.68. The van der Waals surface area contributed by atoms with Gasteiger partial charge in [0.1, 0.15) is 0 Å². The van der Waals surface area contributed by atoms with Crippen molar-refractivity contribution < 1.29 is 9.90 Å². The van der Waals surface area contributed by atoms with Crippen LogP contribution in [-0.4, -0.2) is 11.1 Å². The van der Waals surface area contributed by atoms with E-state index in [4.69, 9.17) is 5.11 Å². The summed E-state index contributed by atoms with van der Waals surface area (Å²) in [5, 5.41) is 9.03. The number of aliphatic carboxylic acids is 1. The van der Waals surface area contributed by atoms with Gasteiger partial charge in [-0.05, 0) is 25.7 Å². The van der Waals surface area contributed by atoms with Crippen LogP contribution in [0, 0.1) is 0 Å². The minimum atomic E-state index is -0.776. The molecule has 0 aliphatic rings. The maximum atomic E-state index is 11.0. The summed E-state index contributed by atoms with van der Waals surface area (Å²) in [5.41, 5.74) is 0.536. The first-order valence-corrected chi connectivity index (χ1v) is 6.79. The molecule has 0 heterocycles. The Kier molecular flexibility index (Phi) is 10.7. The molecule has 1 N–H and O–H groups in total. The van der Waals surface area contributed by atoms with Crippen LogP contribution in [0.5, 0.6) is 0 Å². The Labute approximate surface area is 105 Å². The normalized spacial score (nSPS) is 12.2. The van der Waals surface area contributed by atoms with Crippen molar-refractivity contribution in [1.29, 1.82) is 0 Å². The minimum Gasteiger partial charge on any atom is -0.478 e. The maximum absolute atomic E-state index is 11.0. The van der Waals surface area contributed by atoms with Crippen molar-refractivity contribution in [3.8, 4) is 0 Å². The second-order valence-electron chi connectivity index (χ2n) is 4.35. The molecule has 0 spiro atoms. The van der Waals surface area contributed by atoms with Gasteiger partial charge < -0.3 is 5.11 Å². The third kappa shape index (κ3) is 9.86. The predicted octanol–water partition coefficient (Wildman–Crippen LogP) is 4.71. The van der Waals surface area contributed by atoms with Crippen LogP contribution in [0.1, 0.15) is 65.2 Å². The maximum Gasteiger partial charge on any atom is 0.331 e. The van der Waals surface area contributed by atoms with E-state index in [1.807, 2.05) is 12.2 Å². The van der Waals surface area contributed by atoms with E-state index in [0.717, 1.165) is 25.7 Å². The Morgan fingerprint density at radius 2 is 1.76 bits per heavy atom. The van der Waals surface area contributed by atoms with E-state index in [1.165, 1.54) is 19.3 Å². The fourth-order valence-electron chi connectivity index (χ4n) is 1.60. The zero-order valence-electron chi connectivity index (χ0n) is 11.2. The first-order valence-electron chi connectivity index (χ1n) is 6.79. The zero-order chi connectivity index (χ0) is 12.9. The number of allylic oxidation sites excluding steroid dienone is 3. The first-order chi connectivity index (χ1) is 8.22. The average Bonchev–Trinajstić information content (AvgIpc) is 2.31. The Balaban J connectivity index is 3.95. The third-order valence-electron chi connectivity index (χ3n) is 2.68. The summed E-state index contributed by atoms with van der Waals surface area (Å²) >= 11 is 0. The van der Waals surface area contributed by atoms with E-state index in [2.05, 4.69) is 19.9 Å². The van der Waals surface area contributed by atoms with Gasteiger partial charge in [0, 0.05) is 5.57 Å². The smallest absolute Gasteiger partial charge is 0.331 e. The lowest BCUT2D eigenvalue weighted by atomic mass is 10.1. The number of unbranched alkanes of at least 4 members (excludes halogenated alkanes) is 5.